The molecule has 4 atom stereocenters. The van der Waals surface area contributed by atoms with Crippen LogP contribution in [0.3, 0.4) is 0 Å². The molecule has 2 aliphatic heterocycles. The molecule has 6 rings (SSSR count). The first-order valence-electron chi connectivity index (χ1n) is 12.2. The SMILES string of the molecule is C[C@H]1O[C@@H](n2cc(-c3ccccc3)c3c(NC4CCCCC4)ncnc32)[C@@H]2OC(C)(C)O[C@@H]21. The summed E-state index contributed by atoms with van der Waals surface area (Å²) >= 11 is 0. The van der Waals surface area contributed by atoms with Crippen LogP contribution in [0, 0.1) is 0 Å². The summed E-state index contributed by atoms with van der Waals surface area (Å²) in [5.74, 6) is 0.274. The van der Waals surface area contributed by atoms with Gasteiger partial charge in [-0.2, -0.15) is 0 Å². The fourth-order valence-corrected chi connectivity index (χ4v) is 5.66. The van der Waals surface area contributed by atoms with Gasteiger partial charge in [-0.25, -0.2) is 9.97 Å². The Hall–Kier alpha value is -2.48. The Morgan fingerprint density at radius 2 is 1.76 bits per heavy atom. The van der Waals surface area contributed by atoms with Gasteiger partial charge in [-0.3, -0.25) is 0 Å². The van der Waals surface area contributed by atoms with Crippen molar-refractivity contribution in [1.29, 1.82) is 0 Å². The lowest BCUT2D eigenvalue weighted by Gasteiger charge is -2.24. The van der Waals surface area contributed by atoms with E-state index in [0.717, 1.165) is 28.0 Å². The number of nitrogens with one attached hydrogen (secondary N) is 1. The van der Waals surface area contributed by atoms with Gasteiger partial charge in [0.25, 0.3) is 0 Å². The number of hydrogen-bond donors (Lipinski definition) is 1. The van der Waals surface area contributed by atoms with Gasteiger partial charge in [-0.15, -0.1) is 0 Å². The molecule has 0 unspecified atom stereocenters. The summed E-state index contributed by atoms with van der Waals surface area (Å²) in [4.78, 5) is 9.44. The Bertz CT molecular complexity index is 1140. The molecule has 7 nitrogen and oxygen atoms in total. The van der Waals surface area contributed by atoms with E-state index in [9.17, 15) is 0 Å². The molecule has 2 saturated heterocycles. The lowest BCUT2D eigenvalue weighted by Crippen LogP contribution is -2.27. The van der Waals surface area contributed by atoms with Crippen LogP contribution >= 0.6 is 0 Å². The van der Waals surface area contributed by atoms with Crippen LogP contribution in [-0.4, -0.2) is 44.7 Å². The van der Waals surface area contributed by atoms with E-state index in [1.165, 1.54) is 32.1 Å². The second-order valence-corrected chi connectivity index (χ2v) is 10.0. The normalized spacial score (nSPS) is 29.4. The van der Waals surface area contributed by atoms with Gasteiger partial charge in [0.15, 0.2) is 12.0 Å². The van der Waals surface area contributed by atoms with E-state index in [1.54, 1.807) is 6.33 Å². The molecule has 0 bridgehead atoms. The molecule has 174 valence electrons. The molecule has 0 amide bonds. The highest BCUT2D eigenvalue weighted by Gasteiger charge is 2.54. The Balaban J connectivity index is 1.47. The largest absolute Gasteiger partial charge is 0.367 e. The second-order valence-electron chi connectivity index (χ2n) is 10.0. The number of fused-ring (bicyclic) bond motifs is 2. The Kier molecular flexibility index (Phi) is 5.16. The zero-order valence-electron chi connectivity index (χ0n) is 19.5. The minimum Gasteiger partial charge on any atom is -0.367 e. The number of anilines is 1. The maximum Gasteiger partial charge on any atom is 0.164 e. The molecule has 1 saturated carbocycles. The smallest absolute Gasteiger partial charge is 0.164 e. The fourth-order valence-electron chi connectivity index (χ4n) is 5.66. The molecule has 3 aromatic rings. The zero-order chi connectivity index (χ0) is 22.6. The molecule has 3 fully saturated rings. The molecule has 0 spiro atoms. The van der Waals surface area contributed by atoms with Crippen molar-refractivity contribution in [2.45, 2.75) is 89.2 Å². The number of hydrogen-bond acceptors (Lipinski definition) is 6. The van der Waals surface area contributed by atoms with Crippen LogP contribution in [0.15, 0.2) is 42.9 Å². The van der Waals surface area contributed by atoms with Crippen molar-refractivity contribution in [3.63, 3.8) is 0 Å². The van der Waals surface area contributed by atoms with Crippen LogP contribution in [0.4, 0.5) is 5.82 Å². The van der Waals surface area contributed by atoms with E-state index < -0.39 is 5.79 Å². The zero-order valence-corrected chi connectivity index (χ0v) is 19.5. The maximum absolute atomic E-state index is 6.39. The first-order valence-corrected chi connectivity index (χ1v) is 12.2. The number of aromatic nitrogens is 3. The number of benzene rings is 1. The summed E-state index contributed by atoms with van der Waals surface area (Å²) in [5.41, 5.74) is 3.09. The number of rotatable bonds is 4. The predicted octanol–water partition coefficient (Wildman–Crippen LogP) is 5.28. The quantitative estimate of drug-likeness (QED) is 0.586. The minimum absolute atomic E-state index is 0.0685. The molecule has 1 aliphatic carbocycles. The Labute approximate surface area is 194 Å². The van der Waals surface area contributed by atoms with Crippen LogP contribution < -0.4 is 5.32 Å². The molecule has 4 heterocycles. The average molecular weight is 449 g/mol. The highest BCUT2D eigenvalue weighted by atomic mass is 16.8. The van der Waals surface area contributed by atoms with Gasteiger partial charge >= 0.3 is 0 Å². The van der Waals surface area contributed by atoms with Crippen molar-refractivity contribution in [2.24, 2.45) is 0 Å². The predicted molar refractivity (Wildman–Crippen MR) is 127 cm³/mol. The van der Waals surface area contributed by atoms with Crippen molar-refractivity contribution < 1.29 is 14.2 Å². The molecular weight excluding hydrogens is 416 g/mol. The average Bonchev–Trinajstić information content (AvgIpc) is 3.45. The van der Waals surface area contributed by atoms with Gasteiger partial charge < -0.3 is 24.1 Å². The third-order valence-corrected chi connectivity index (χ3v) is 7.18. The fraction of sp³-hybridized carbons (Fsp3) is 0.538. The lowest BCUT2D eigenvalue weighted by molar-refractivity contribution is -0.194. The maximum atomic E-state index is 6.39. The molecule has 33 heavy (non-hydrogen) atoms. The molecule has 1 N–H and O–H groups in total. The van der Waals surface area contributed by atoms with Crippen LogP contribution in [0.25, 0.3) is 22.2 Å². The molecule has 1 aromatic carbocycles. The van der Waals surface area contributed by atoms with Crippen molar-refractivity contribution >= 4 is 16.9 Å². The summed E-state index contributed by atoms with van der Waals surface area (Å²) in [7, 11) is 0. The highest BCUT2D eigenvalue weighted by molar-refractivity contribution is 6.01. The van der Waals surface area contributed by atoms with Crippen LogP contribution in [0.5, 0.6) is 0 Å². The van der Waals surface area contributed by atoms with Gasteiger partial charge in [0.2, 0.25) is 0 Å². The molecule has 7 heteroatoms. The van der Waals surface area contributed by atoms with Crippen LogP contribution in [0.2, 0.25) is 0 Å². The summed E-state index contributed by atoms with van der Waals surface area (Å²) < 4.78 is 21.0. The van der Waals surface area contributed by atoms with Crippen LogP contribution in [0.1, 0.15) is 59.1 Å². The van der Waals surface area contributed by atoms with E-state index >= 15 is 0 Å². The topological polar surface area (TPSA) is 70.4 Å². The summed E-state index contributed by atoms with van der Waals surface area (Å²) in [6, 6.07) is 10.9. The second kappa shape index (κ2) is 8.08. The van der Waals surface area contributed by atoms with E-state index in [-0.39, 0.29) is 24.5 Å². The number of nitrogens with zero attached hydrogens (tertiary/aromatic N) is 3. The first kappa shape index (κ1) is 21.1. The highest BCUT2D eigenvalue weighted by Crippen LogP contribution is 2.45. The summed E-state index contributed by atoms with van der Waals surface area (Å²) in [6.07, 6.45) is 9.33. The molecule has 2 aromatic heterocycles. The van der Waals surface area contributed by atoms with Gasteiger partial charge in [-0.05, 0) is 39.2 Å². The molecular formula is C26H32N4O3. The third-order valence-electron chi connectivity index (χ3n) is 7.18. The molecule has 0 radical (unpaired) electrons. The lowest BCUT2D eigenvalue weighted by atomic mass is 9.95. The van der Waals surface area contributed by atoms with Crippen LogP contribution in [-0.2, 0) is 14.2 Å². The third kappa shape index (κ3) is 3.72. The summed E-state index contributed by atoms with van der Waals surface area (Å²) in [6.45, 7) is 5.98. The molecule has 3 aliphatic rings. The first-order chi connectivity index (χ1) is 16.0. The van der Waals surface area contributed by atoms with Gasteiger partial charge in [-0.1, -0.05) is 49.6 Å². The van der Waals surface area contributed by atoms with E-state index in [1.807, 2.05) is 19.9 Å². The minimum atomic E-state index is -0.625. The van der Waals surface area contributed by atoms with Crippen molar-refractivity contribution in [3.05, 3.63) is 42.9 Å². The van der Waals surface area contributed by atoms with Crippen molar-refractivity contribution in [2.75, 3.05) is 5.32 Å². The van der Waals surface area contributed by atoms with Gasteiger partial charge in [0, 0.05) is 17.8 Å². The monoisotopic (exact) mass is 448 g/mol. The Morgan fingerprint density at radius 1 is 1.00 bits per heavy atom. The van der Waals surface area contributed by atoms with E-state index in [0.29, 0.717) is 6.04 Å². The van der Waals surface area contributed by atoms with Gasteiger partial charge in [0.05, 0.1) is 11.5 Å². The number of ether oxygens (including phenoxy) is 3. The van der Waals surface area contributed by atoms with Crippen molar-refractivity contribution in [1.82, 2.24) is 14.5 Å². The van der Waals surface area contributed by atoms with E-state index in [4.69, 9.17) is 24.2 Å². The van der Waals surface area contributed by atoms with Gasteiger partial charge in [0.1, 0.15) is 30.0 Å². The Morgan fingerprint density at radius 3 is 2.55 bits per heavy atom. The van der Waals surface area contributed by atoms with E-state index in [2.05, 4.69) is 47.3 Å². The summed E-state index contributed by atoms with van der Waals surface area (Å²) in [5, 5.41) is 4.78. The van der Waals surface area contributed by atoms with Crippen molar-refractivity contribution in [3.8, 4) is 11.1 Å². The standard InChI is InChI=1S/C26H32N4O3/c1-16-21-22(33-26(2,3)32-21)25(31-16)30-14-19(17-10-6-4-7-11-17)20-23(27-15-28-24(20)30)29-18-12-8-5-9-13-18/h4,6-7,10-11,14-16,18,21-22,25H,5,8-9,12-13H2,1-3H3,(H,27,28,29)/t16-,21-,22-,25-/m1/s1.